The average molecular weight is 320 g/mol. The first-order chi connectivity index (χ1) is 11.2. The number of nitrogens with zero attached hydrogens (tertiary/aromatic N) is 1. The van der Waals surface area contributed by atoms with Crippen molar-refractivity contribution >= 4 is 11.8 Å². The molecule has 0 radical (unpaired) electrons. The Bertz CT molecular complexity index is 554. The van der Waals surface area contributed by atoms with Crippen molar-refractivity contribution in [2.24, 2.45) is 0 Å². The third-order valence-electron chi connectivity index (χ3n) is 3.81. The van der Waals surface area contributed by atoms with Crippen LogP contribution in [0.25, 0.3) is 0 Å². The van der Waals surface area contributed by atoms with E-state index in [2.05, 4.69) is 5.32 Å². The lowest BCUT2D eigenvalue weighted by atomic mass is 10.2. The molecule has 1 aromatic rings. The van der Waals surface area contributed by atoms with Gasteiger partial charge in [-0.25, -0.2) is 0 Å². The minimum absolute atomic E-state index is 0.104. The fraction of sp³-hybridized carbons (Fsp3) is 0.529. The first kappa shape index (κ1) is 17.1. The molecule has 0 aliphatic carbocycles. The second-order valence-corrected chi connectivity index (χ2v) is 5.39. The summed E-state index contributed by atoms with van der Waals surface area (Å²) < 4.78 is 10.7. The number of carbonyl (C=O) groups excluding carboxylic acids is 2. The van der Waals surface area contributed by atoms with Gasteiger partial charge in [0, 0.05) is 31.6 Å². The lowest BCUT2D eigenvalue weighted by Crippen LogP contribution is -2.32. The zero-order valence-electron chi connectivity index (χ0n) is 13.8. The monoisotopic (exact) mass is 320 g/mol. The van der Waals surface area contributed by atoms with Gasteiger partial charge >= 0.3 is 0 Å². The van der Waals surface area contributed by atoms with E-state index in [1.165, 1.54) is 7.11 Å². The van der Waals surface area contributed by atoms with Gasteiger partial charge in [0.15, 0.2) is 11.5 Å². The van der Waals surface area contributed by atoms with E-state index >= 15 is 0 Å². The molecule has 23 heavy (non-hydrogen) atoms. The minimum Gasteiger partial charge on any atom is -0.493 e. The molecule has 6 heteroatoms. The van der Waals surface area contributed by atoms with Crippen molar-refractivity contribution in [2.45, 2.75) is 26.2 Å². The van der Waals surface area contributed by atoms with Crippen LogP contribution >= 0.6 is 0 Å². The molecule has 1 heterocycles. The van der Waals surface area contributed by atoms with Crippen molar-refractivity contribution in [3.05, 3.63) is 23.8 Å². The predicted octanol–water partition coefficient (Wildman–Crippen LogP) is 1.84. The van der Waals surface area contributed by atoms with Crippen molar-refractivity contribution in [3.8, 4) is 11.5 Å². The maximum Gasteiger partial charge on any atom is 0.251 e. The third kappa shape index (κ3) is 4.61. The summed E-state index contributed by atoms with van der Waals surface area (Å²) in [5.41, 5.74) is 0.485. The number of ether oxygens (including phenoxy) is 2. The summed E-state index contributed by atoms with van der Waals surface area (Å²) in [6.07, 6.45) is 2.48. The number of hydrogen-bond donors (Lipinski definition) is 1. The Labute approximate surface area is 136 Å². The standard InChI is InChI=1S/C17H24N2O4/c1-3-23-14-7-6-13(12-15(14)22-2)17(21)18-9-8-16(20)19-10-4-5-11-19/h6-7,12H,3-5,8-11H2,1-2H3,(H,18,21). The van der Waals surface area contributed by atoms with Crippen LogP contribution in [0.5, 0.6) is 11.5 Å². The van der Waals surface area contributed by atoms with E-state index in [-0.39, 0.29) is 11.8 Å². The number of amides is 2. The Kier molecular flexibility index (Phi) is 6.26. The highest BCUT2D eigenvalue weighted by atomic mass is 16.5. The highest BCUT2D eigenvalue weighted by Gasteiger charge is 2.17. The molecule has 1 aromatic carbocycles. The molecular weight excluding hydrogens is 296 g/mol. The van der Waals surface area contributed by atoms with E-state index in [1.807, 2.05) is 11.8 Å². The molecule has 1 saturated heterocycles. The normalized spacial score (nSPS) is 13.7. The van der Waals surface area contributed by atoms with E-state index < -0.39 is 0 Å². The van der Waals surface area contributed by atoms with Crippen molar-refractivity contribution < 1.29 is 19.1 Å². The van der Waals surface area contributed by atoms with Gasteiger partial charge < -0.3 is 19.7 Å². The lowest BCUT2D eigenvalue weighted by molar-refractivity contribution is -0.129. The lowest BCUT2D eigenvalue weighted by Gasteiger charge is -2.15. The number of benzene rings is 1. The molecule has 126 valence electrons. The number of nitrogens with one attached hydrogen (secondary N) is 1. The van der Waals surface area contributed by atoms with Crippen LogP contribution < -0.4 is 14.8 Å². The van der Waals surface area contributed by atoms with Crippen LogP contribution in [0, 0.1) is 0 Å². The van der Waals surface area contributed by atoms with Crippen molar-refractivity contribution in [1.29, 1.82) is 0 Å². The summed E-state index contributed by atoms with van der Waals surface area (Å²) >= 11 is 0. The van der Waals surface area contributed by atoms with Gasteiger partial charge in [0.1, 0.15) is 0 Å². The highest BCUT2D eigenvalue weighted by molar-refractivity contribution is 5.95. The summed E-state index contributed by atoms with van der Waals surface area (Å²) in [4.78, 5) is 25.9. The van der Waals surface area contributed by atoms with Crippen molar-refractivity contribution in [2.75, 3.05) is 33.4 Å². The minimum atomic E-state index is -0.222. The smallest absolute Gasteiger partial charge is 0.251 e. The number of carbonyl (C=O) groups is 2. The van der Waals surface area contributed by atoms with Gasteiger partial charge in [0.25, 0.3) is 5.91 Å². The Morgan fingerprint density at radius 1 is 1.22 bits per heavy atom. The summed E-state index contributed by atoms with van der Waals surface area (Å²) in [7, 11) is 1.54. The van der Waals surface area contributed by atoms with Crippen molar-refractivity contribution in [3.63, 3.8) is 0 Å². The largest absolute Gasteiger partial charge is 0.493 e. The van der Waals surface area contributed by atoms with Gasteiger partial charge in [-0.2, -0.15) is 0 Å². The van der Waals surface area contributed by atoms with Gasteiger partial charge in [0.05, 0.1) is 13.7 Å². The Hall–Kier alpha value is -2.24. The van der Waals surface area contributed by atoms with Crippen molar-refractivity contribution in [1.82, 2.24) is 10.2 Å². The number of methoxy groups -OCH3 is 1. The van der Waals surface area contributed by atoms with Gasteiger partial charge in [-0.15, -0.1) is 0 Å². The van der Waals surface area contributed by atoms with Gasteiger partial charge in [-0.1, -0.05) is 0 Å². The SMILES string of the molecule is CCOc1ccc(C(=O)NCCC(=O)N2CCCC2)cc1OC. The topological polar surface area (TPSA) is 67.9 Å². The Balaban J connectivity index is 1.86. The van der Waals surface area contributed by atoms with Gasteiger partial charge in [0.2, 0.25) is 5.91 Å². The van der Waals surface area contributed by atoms with Crippen LogP contribution in [0.2, 0.25) is 0 Å². The first-order valence-corrected chi connectivity index (χ1v) is 8.02. The van der Waals surface area contributed by atoms with Crippen LogP contribution in [0.15, 0.2) is 18.2 Å². The van der Waals surface area contributed by atoms with Crippen LogP contribution in [0.3, 0.4) is 0 Å². The molecule has 0 bridgehead atoms. The summed E-state index contributed by atoms with van der Waals surface area (Å²) in [5, 5.41) is 2.77. The fourth-order valence-electron chi connectivity index (χ4n) is 2.59. The predicted molar refractivity (Wildman–Crippen MR) is 86.9 cm³/mol. The Morgan fingerprint density at radius 3 is 2.61 bits per heavy atom. The quantitative estimate of drug-likeness (QED) is 0.832. The van der Waals surface area contributed by atoms with Crippen LogP contribution in [0.4, 0.5) is 0 Å². The summed E-state index contributed by atoms with van der Waals surface area (Å²) in [5.74, 6) is 1.01. The number of rotatable bonds is 7. The molecule has 1 aliphatic heterocycles. The molecule has 2 amide bonds. The van der Waals surface area contributed by atoms with E-state index in [1.54, 1.807) is 18.2 Å². The molecule has 0 aromatic heterocycles. The number of likely N-dealkylation sites (tertiary alicyclic amines) is 1. The molecule has 0 saturated carbocycles. The van der Waals surface area contributed by atoms with Crippen LogP contribution in [0.1, 0.15) is 36.5 Å². The van der Waals surface area contributed by atoms with Crippen LogP contribution in [-0.2, 0) is 4.79 Å². The summed E-state index contributed by atoms with van der Waals surface area (Å²) in [6, 6.07) is 5.04. The first-order valence-electron chi connectivity index (χ1n) is 8.02. The molecule has 1 N–H and O–H groups in total. The third-order valence-corrected chi connectivity index (χ3v) is 3.81. The summed E-state index contributed by atoms with van der Waals surface area (Å²) in [6.45, 7) is 4.42. The van der Waals surface area contributed by atoms with Gasteiger partial charge in [-0.3, -0.25) is 9.59 Å². The van der Waals surface area contributed by atoms with Gasteiger partial charge in [-0.05, 0) is 38.0 Å². The second-order valence-electron chi connectivity index (χ2n) is 5.39. The van der Waals surface area contributed by atoms with E-state index in [9.17, 15) is 9.59 Å². The maximum absolute atomic E-state index is 12.2. The molecule has 1 fully saturated rings. The Morgan fingerprint density at radius 2 is 1.96 bits per heavy atom. The van der Waals surface area contributed by atoms with E-state index in [0.717, 1.165) is 25.9 Å². The molecule has 1 aliphatic rings. The molecular formula is C17H24N2O4. The number of hydrogen-bond acceptors (Lipinski definition) is 4. The zero-order valence-corrected chi connectivity index (χ0v) is 13.8. The molecule has 0 unspecified atom stereocenters. The highest BCUT2D eigenvalue weighted by Crippen LogP contribution is 2.27. The molecule has 6 nitrogen and oxygen atoms in total. The van der Waals surface area contributed by atoms with E-state index in [0.29, 0.717) is 36.6 Å². The van der Waals surface area contributed by atoms with Crippen LogP contribution in [-0.4, -0.2) is 50.1 Å². The second kappa shape index (κ2) is 8.41. The molecule has 0 atom stereocenters. The molecule has 0 spiro atoms. The zero-order chi connectivity index (χ0) is 16.7. The molecule has 2 rings (SSSR count). The van der Waals surface area contributed by atoms with E-state index in [4.69, 9.17) is 9.47 Å². The maximum atomic E-state index is 12.2. The fourth-order valence-corrected chi connectivity index (χ4v) is 2.59. The average Bonchev–Trinajstić information content (AvgIpc) is 3.09.